The van der Waals surface area contributed by atoms with Crippen LogP contribution in [0.2, 0.25) is 0 Å². The van der Waals surface area contributed by atoms with Gasteiger partial charge in [0, 0.05) is 17.8 Å². The number of ether oxygens (including phenoxy) is 2. The molecule has 27 heavy (non-hydrogen) atoms. The van der Waals surface area contributed by atoms with Gasteiger partial charge >= 0.3 is 0 Å². The lowest BCUT2D eigenvalue weighted by Crippen LogP contribution is -2.20. The van der Waals surface area contributed by atoms with E-state index in [0.29, 0.717) is 23.5 Å². The molecule has 2 amide bonds. The number of rotatable bonds is 10. The molecule has 0 bridgehead atoms. The van der Waals surface area contributed by atoms with Gasteiger partial charge in [0.15, 0.2) is 6.61 Å². The minimum absolute atomic E-state index is 0.0187. The van der Waals surface area contributed by atoms with E-state index in [0.717, 1.165) is 25.0 Å². The average molecular weight is 370 g/mol. The lowest BCUT2D eigenvalue weighted by molar-refractivity contribution is -0.118. The van der Waals surface area contributed by atoms with Gasteiger partial charge in [-0.05, 0) is 48.9 Å². The molecule has 2 rings (SSSR count). The molecule has 0 aliphatic rings. The van der Waals surface area contributed by atoms with Crippen LogP contribution in [0.25, 0.3) is 0 Å². The van der Waals surface area contributed by atoms with Crippen molar-refractivity contribution in [1.82, 2.24) is 0 Å². The number of carbonyl (C=O) groups excluding carboxylic acids is 2. The number of hydrogen-bond donors (Lipinski definition) is 2. The highest BCUT2D eigenvalue weighted by atomic mass is 16.5. The topological polar surface area (TPSA) is 76.7 Å². The fourth-order valence-electron chi connectivity index (χ4n) is 2.45. The van der Waals surface area contributed by atoms with Crippen LogP contribution in [-0.2, 0) is 9.59 Å². The molecule has 0 aliphatic heterocycles. The Balaban J connectivity index is 1.81. The van der Waals surface area contributed by atoms with Gasteiger partial charge in [0.1, 0.15) is 11.5 Å². The number of unbranched alkanes of at least 4 members (excludes halogenated alkanes) is 2. The Morgan fingerprint density at radius 2 is 1.52 bits per heavy atom. The van der Waals surface area contributed by atoms with Crippen LogP contribution in [0.4, 0.5) is 11.4 Å². The van der Waals surface area contributed by atoms with Crippen LogP contribution in [0.3, 0.4) is 0 Å². The number of benzene rings is 2. The fourth-order valence-corrected chi connectivity index (χ4v) is 2.45. The van der Waals surface area contributed by atoms with Crippen molar-refractivity contribution in [2.45, 2.75) is 32.6 Å². The van der Waals surface area contributed by atoms with Gasteiger partial charge in [0.05, 0.1) is 7.11 Å². The van der Waals surface area contributed by atoms with Gasteiger partial charge in [-0.15, -0.1) is 0 Å². The third-order valence-electron chi connectivity index (χ3n) is 3.87. The zero-order chi connectivity index (χ0) is 19.5. The minimum atomic E-state index is -0.280. The summed E-state index contributed by atoms with van der Waals surface area (Å²) in [6.45, 7) is 1.99. The van der Waals surface area contributed by atoms with E-state index in [1.807, 2.05) is 0 Å². The van der Waals surface area contributed by atoms with Crippen molar-refractivity contribution in [3.63, 3.8) is 0 Å². The maximum Gasteiger partial charge on any atom is 0.262 e. The molecular weight excluding hydrogens is 344 g/mol. The Kier molecular flexibility index (Phi) is 8.16. The third kappa shape index (κ3) is 7.40. The summed E-state index contributed by atoms with van der Waals surface area (Å²) in [7, 11) is 1.59. The molecule has 144 valence electrons. The monoisotopic (exact) mass is 370 g/mol. The van der Waals surface area contributed by atoms with E-state index in [2.05, 4.69) is 17.6 Å². The van der Waals surface area contributed by atoms with Crippen molar-refractivity contribution in [3.05, 3.63) is 48.5 Å². The number of amides is 2. The smallest absolute Gasteiger partial charge is 0.262 e. The molecular formula is C21H26N2O4. The molecule has 0 spiro atoms. The highest BCUT2D eigenvalue weighted by Gasteiger charge is 2.06. The zero-order valence-corrected chi connectivity index (χ0v) is 15.8. The quantitative estimate of drug-likeness (QED) is 0.614. The van der Waals surface area contributed by atoms with Crippen LogP contribution in [0.1, 0.15) is 32.6 Å². The van der Waals surface area contributed by atoms with Crippen LogP contribution < -0.4 is 20.1 Å². The van der Waals surface area contributed by atoms with E-state index in [1.54, 1.807) is 55.6 Å². The molecule has 6 heteroatoms. The standard InChI is InChI=1S/C21H26N2O4/c1-3-4-5-9-20(24)22-16-7-6-8-17(14-16)23-21(25)15-27-19-12-10-18(26-2)11-13-19/h6-8,10-14H,3-5,9,15H2,1-2H3,(H,22,24)(H,23,25). The fraction of sp³-hybridized carbons (Fsp3) is 0.333. The van der Waals surface area contributed by atoms with E-state index in [1.165, 1.54) is 0 Å². The van der Waals surface area contributed by atoms with E-state index < -0.39 is 0 Å². The summed E-state index contributed by atoms with van der Waals surface area (Å²) in [4.78, 5) is 24.0. The molecule has 0 fully saturated rings. The summed E-state index contributed by atoms with van der Waals surface area (Å²) in [6.07, 6.45) is 3.49. The van der Waals surface area contributed by atoms with Crippen LogP contribution in [0, 0.1) is 0 Å². The molecule has 0 heterocycles. The Labute approximate surface area is 159 Å². The van der Waals surface area contributed by atoms with Gasteiger partial charge in [0.2, 0.25) is 5.91 Å². The second-order valence-corrected chi connectivity index (χ2v) is 6.10. The zero-order valence-electron chi connectivity index (χ0n) is 15.8. The maximum absolute atomic E-state index is 12.1. The van der Waals surface area contributed by atoms with Crippen LogP contribution >= 0.6 is 0 Å². The van der Waals surface area contributed by atoms with E-state index >= 15 is 0 Å². The van der Waals surface area contributed by atoms with Crippen molar-refractivity contribution < 1.29 is 19.1 Å². The Morgan fingerprint density at radius 1 is 0.889 bits per heavy atom. The first-order valence-corrected chi connectivity index (χ1v) is 9.07. The second-order valence-electron chi connectivity index (χ2n) is 6.10. The molecule has 0 unspecified atom stereocenters. The second kappa shape index (κ2) is 10.9. The van der Waals surface area contributed by atoms with Crippen molar-refractivity contribution in [2.24, 2.45) is 0 Å². The van der Waals surface area contributed by atoms with Gasteiger partial charge in [0.25, 0.3) is 5.91 Å². The van der Waals surface area contributed by atoms with Crippen molar-refractivity contribution >= 4 is 23.2 Å². The number of carbonyl (C=O) groups is 2. The first-order valence-electron chi connectivity index (χ1n) is 9.07. The largest absolute Gasteiger partial charge is 0.497 e. The van der Waals surface area contributed by atoms with E-state index in [9.17, 15) is 9.59 Å². The summed E-state index contributed by atoms with van der Waals surface area (Å²) >= 11 is 0. The summed E-state index contributed by atoms with van der Waals surface area (Å²) in [5, 5.41) is 5.61. The van der Waals surface area contributed by atoms with Gasteiger partial charge in [-0.3, -0.25) is 9.59 Å². The molecule has 2 N–H and O–H groups in total. The minimum Gasteiger partial charge on any atom is -0.497 e. The lowest BCUT2D eigenvalue weighted by Gasteiger charge is -2.10. The predicted molar refractivity (Wildman–Crippen MR) is 106 cm³/mol. The molecule has 0 aromatic heterocycles. The van der Waals surface area contributed by atoms with Crippen LogP contribution in [0.15, 0.2) is 48.5 Å². The average Bonchev–Trinajstić information content (AvgIpc) is 2.67. The molecule has 0 aliphatic carbocycles. The summed E-state index contributed by atoms with van der Waals surface area (Å²) < 4.78 is 10.5. The number of hydrogen-bond acceptors (Lipinski definition) is 4. The summed E-state index contributed by atoms with van der Waals surface area (Å²) in [5.74, 6) is 1.01. The van der Waals surface area contributed by atoms with Crippen LogP contribution in [-0.4, -0.2) is 25.5 Å². The molecule has 0 radical (unpaired) electrons. The Morgan fingerprint density at radius 3 is 2.15 bits per heavy atom. The Hall–Kier alpha value is -3.02. The van der Waals surface area contributed by atoms with E-state index in [4.69, 9.17) is 9.47 Å². The number of nitrogens with one attached hydrogen (secondary N) is 2. The molecule has 0 saturated carbocycles. The number of methoxy groups -OCH3 is 1. The van der Waals surface area contributed by atoms with E-state index in [-0.39, 0.29) is 18.4 Å². The normalized spacial score (nSPS) is 10.1. The van der Waals surface area contributed by atoms with Crippen LogP contribution in [0.5, 0.6) is 11.5 Å². The SMILES string of the molecule is CCCCCC(=O)Nc1cccc(NC(=O)COc2ccc(OC)cc2)c1. The highest BCUT2D eigenvalue weighted by Crippen LogP contribution is 2.18. The third-order valence-corrected chi connectivity index (χ3v) is 3.87. The Bertz CT molecular complexity index is 744. The molecule has 0 saturated heterocycles. The van der Waals surface area contributed by atoms with Crippen molar-refractivity contribution in [2.75, 3.05) is 24.4 Å². The predicted octanol–water partition coefficient (Wildman–Crippen LogP) is 4.23. The maximum atomic E-state index is 12.1. The van der Waals surface area contributed by atoms with Gasteiger partial charge in [-0.1, -0.05) is 25.8 Å². The van der Waals surface area contributed by atoms with Gasteiger partial charge < -0.3 is 20.1 Å². The molecule has 6 nitrogen and oxygen atoms in total. The lowest BCUT2D eigenvalue weighted by atomic mass is 10.2. The van der Waals surface area contributed by atoms with Gasteiger partial charge in [-0.2, -0.15) is 0 Å². The molecule has 0 atom stereocenters. The van der Waals surface area contributed by atoms with Crippen molar-refractivity contribution in [1.29, 1.82) is 0 Å². The van der Waals surface area contributed by atoms with Gasteiger partial charge in [-0.25, -0.2) is 0 Å². The number of anilines is 2. The summed E-state index contributed by atoms with van der Waals surface area (Å²) in [5.41, 5.74) is 1.26. The molecule has 2 aromatic carbocycles. The highest BCUT2D eigenvalue weighted by molar-refractivity contribution is 5.94. The first kappa shape index (κ1) is 20.3. The molecule has 2 aromatic rings. The first-order chi connectivity index (χ1) is 13.1. The van der Waals surface area contributed by atoms with Crippen molar-refractivity contribution in [3.8, 4) is 11.5 Å². The summed E-state index contributed by atoms with van der Waals surface area (Å²) in [6, 6.07) is 14.1.